The van der Waals surface area contributed by atoms with Crippen LogP contribution in [0.1, 0.15) is 5.76 Å². The molecule has 3 heteroatoms. The Hall–Kier alpha value is -2.21. The van der Waals surface area contributed by atoms with E-state index in [4.69, 9.17) is 9.68 Å². The summed E-state index contributed by atoms with van der Waals surface area (Å²) < 4.78 is 5.21. The highest BCUT2D eigenvalue weighted by Gasteiger charge is 2.09. The molecular weight excluding hydrogens is 200 g/mol. The van der Waals surface area contributed by atoms with Crippen molar-refractivity contribution in [3.05, 3.63) is 54.5 Å². The molecule has 0 fully saturated rings. The molecule has 0 saturated carbocycles. The predicted octanol–water partition coefficient (Wildman–Crippen LogP) is 2.83. The zero-order chi connectivity index (χ0) is 11.2. The van der Waals surface area contributed by atoms with Crippen molar-refractivity contribution in [3.63, 3.8) is 0 Å². The minimum atomic E-state index is -0.270. The van der Waals surface area contributed by atoms with E-state index in [1.807, 2.05) is 42.5 Å². The smallest absolute Gasteiger partial charge is 0.121 e. The van der Waals surface area contributed by atoms with Crippen molar-refractivity contribution in [1.29, 1.82) is 5.26 Å². The van der Waals surface area contributed by atoms with Crippen LogP contribution in [-0.4, -0.2) is 6.04 Å². The summed E-state index contributed by atoms with van der Waals surface area (Å²) in [5, 5.41) is 12.2. The average molecular weight is 212 g/mol. The summed E-state index contributed by atoms with van der Waals surface area (Å²) in [4.78, 5) is 0. The van der Waals surface area contributed by atoms with Gasteiger partial charge in [-0.25, -0.2) is 0 Å². The Labute approximate surface area is 94.3 Å². The number of para-hydroxylation sites is 1. The normalized spacial score (nSPS) is 11.7. The van der Waals surface area contributed by atoms with Gasteiger partial charge in [-0.2, -0.15) is 5.26 Å². The van der Waals surface area contributed by atoms with Gasteiger partial charge < -0.3 is 9.73 Å². The van der Waals surface area contributed by atoms with Gasteiger partial charge >= 0.3 is 0 Å². The van der Waals surface area contributed by atoms with Crippen molar-refractivity contribution in [1.82, 2.24) is 0 Å². The number of hydrogen-bond acceptors (Lipinski definition) is 3. The Balaban J connectivity index is 2.00. The maximum atomic E-state index is 9.03. The molecular formula is C13H12N2O. The minimum absolute atomic E-state index is 0.270. The second-order valence-electron chi connectivity index (χ2n) is 3.48. The lowest BCUT2D eigenvalue weighted by molar-refractivity contribution is 0.504. The summed E-state index contributed by atoms with van der Waals surface area (Å²) >= 11 is 0. The summed E-state index contributed by atoms with van der Waals surface area (Å²) in [6.45, 7) is 0. The fourth-order valence-corrected chi connectivity index (χ4v) is 1.49. The molecule has 0 saturated heterocycles. The third-order valence-corrected chi connectivity index (χ3v) is 2.26. The van der Waals surface area contributed by atoms with Gasteiger partial charge in [0.1, 0.15) is 11.8 Å². The second kappa shape index (κ2) is 5.04. The lowest BCUT2D eigenvalue weighted by Crippen LogP contribution is -2.19. The van der Waals surface area contributed by atoms with Gasteiger partial charge in [0.25, 0.3) is 0 Å². The molecule has 16 heavy (non-hydrogen) atoms. The fraction of sp³-hybridized carbons (Fsp3) is 0.154. The van der Waals surface area contributed by atoms with Crippen LogP contribution < -0.4 is 5.32 Å². The summed E-state index contributed by atoms with van der Waals surface area (Å²) in [5.74, 6) is 0.815. The zero-order valence-corrected chi connectivity index (χ0v) is 8.76. The van der Waals surface area contributed by atoms with Gasteiger partial charge in [0.2, 0.25) is 0 Å². The molecule has 0 aliphatic rings. The second-order valence-corrected chi connectivity index (χ2v) is 3.48. The van der Waals surface area contributed by atoms with Crippen LogP contribution in [0.15, 0.2) is 53.1 Å². The Kier molecular flexibility index (Phi) is 3.25. The highest BCUT2D eigenvalue weighted by atomic mass is 16.3. The Morgan fingerprint density at radius 3 is 2.62 bits per heavy atom. The maximum absolute atomic E-state index is 9.03. The molecule has 3 nitrogen and oxygen atoms in total. The lowest BCUT2D eigenvalue weighted by Gasteiger charge is -2.11. The summed E-state index contributed by atoms with van der Waals surface area (Å²) in [6, 6.07) is 15.3. The van der Waals surface area contributed by atoms with Gasteiger partial charge in [-0.1, -0.05) is 18.2 Å². The monoisotopic (exact) mass is 212 g/mol. The third-order valence-electron chi connectivity index (χ3n) is 2.26. The zero-order valence-electron chi connectivity index (χ0n) is 8.76. The molecule has 1 aromatic heterocycles. The van der Waals surface area contributed by atoms with Crippen LogP contribution >= 0.6 is 0 Å². The van der Waals surface area contributed by atoms with E-state index in [-0.39, 0.29) is 6.04 Å². The van der Waals surface area contributed by atoms with E-state index in [0.717, 1.165) is 11.4 Å². The number of anilines is 1. The molecule has 1 N–H and O–H groups in total. The van der Waals surface area contributed by atoms with Crippen molar-refractivity contribution < 1.29 is 4.42 Å². The first-order chi connectivity index (χ1) is 7.88. The van der Waals surface area contributed by atoms with Crippen molar-refractivity contribution in [2.75, 3.05) is 5.32 Å². The summed E-state index contributed by atoms with van der Waals surface area (Å²) in [7, 11) is 0. The summed E-state index contributed by atoms with van der Waals surface area (Å²) in [6.07, 6.45) is 2.19. The summed E-state index contributed by atoms with van der Waals surface area (Å²) in [5.41, 5.74) is 0.945. The Morgan fingerprint density at radius 1 is 1.19 bits per heavy atom. The van der Waals surface area contributed by atoms with Gasteiger partial charge in [-0.3, -0.25) is 0 Å². The fourth-order valence-electron chi connectivity index (χ4n) is 1.49. The standard InChI is InChI=1S/C13H12N2O/c14-10-12(9-13-7-4-8-16-13)15-11-5-2-1-3-6-11/h1-8,12,15H,9H2. The Bertz CT molecular complexity index is 456. The van der Waals surface area contributed by atoms with Crippen molar-refractivity contribution in [3.8, 4) is 6.07 Å². The van der Waals surface area contributed by atoms with Gasteiger partial charge in [0.05, 0.1) is 12.3 Å². The molecule has 2 rings (SSSR count). The number of nitriles is 1. The van der Waals surface area contributed by atoms with Crippen LogP contribution in [0.4, 0.5) is 5.69 Å². The molecule has 0 bridgehead atoms. The molecule has 1 atom stereocenters. The first kappa shape index (κ1) is 10.3. The molecule has 0 amide bonds. The van der Waals surface area contributed by atoms with E-state index in [2.05, 4.69) is 11.4 Å². The highest BCUT2D eigenvalue weighted by Crippen LogP contribution is 2.10. The van der Waals surface area contributed by atoms with Crippen molar-refractivity contribution >= 4 is 5.69 Å². The van der Waals surface area contributed by atoms with Gasteiger partial charge in [0.15, 0.2) is 0 Å². The maximum Gasteiger partial charge on any atom is 0.121 e. The number of furan rings is 1. The van der Waals surface area contributed by atoms with Crippen LogP contribution in [0.2, 0.25) is 0 Å². The molecule has 0 radical (unpaired) electrons. The third kappa shape index (κ3) is 2.64. The van der Waals surface area contributed by atoms with Gasteiger partial charge in [-0.05, 0) is 24.3 Å². The predicted molar refractivity (Wildman–Crippen MR) is 61.9 cm³/mol. The molecule has 0 aliphatic carbocycles. The molecule has 2 aromatic rings. The SMILES string of the molecule is N#CC(Cc1ccco1)Nc1ccccc1. The van der Waals surface area contributed by atoms with Crippen LogP contribution in [0.25, 0.3) is 0 Å². The number of rotatable bonds is 4. The molecule has 1 aromatic carbocycles. The van der Waals surface area contributed by atoms with E-state index in [1.54, 1.807) is 6.26 Å². The number of nitrogens with one attached hydrogen (secondary N) is 1. The molecule has 1 unspecified atom stereocenters. The number of hydrogen-bond donors (Lipinski definition) is 1. The van der Waals surface area contributed by atoms with E-state index < -0.39 is 0 Å². The van der Waals surface area contributed by atoms with E-state index >= 15 is 0 Å². The van der Waals surface area contributed by atoms with Gasteiger partial charge in [-0.15, -0.1) is 0 Å². The Morgan fingerprint density at radius 2 is 2.00 bits per heavy atom. The van der Waals surface area contributed by atoms with Crippen LogP contribution in [0.5, 0.6) is 0 Å². The molecule has 1 heterocycles. The molecule has 0 aliphatic heterocycles. The lowest BCUT2D eigenvalue weighted by atomic mass is 10.2. The first-order valence-electron chi connectivity index (χ1n) is 5.12. The van der Waals surface area contributed by atoms with E-state index in [1.165, 1.54) is 0 Å². The van der Waals surface area contributed by atoms with Gasteiger partial charge in [0, 0.05) is 12.1 Å². The van der Waals surface area contributed by atoms with E-state index in [0.29, 0.717) is 6.42 Å². The topological polar surface area (TPSA) is 49.0 Å². The number of nitrogens with zero attached hydrogens (tertiary/aromatic N) is 1. The van der Waals surface area contributed by atoms with E-state index in [9.17, 15) is 0 Å². The van der Waals surface area contributed by atoms with Crippen LogP contribution in [0, 0.1) is 11.3 Å². The minimum Gasteiger partial charge on any atom is -0.469 e. The molecule has 80 valence electrons. The number of benzene rings is 1. The van der Waals surface area contributed by atoms with Crippen molar-refractivity contribution in [2.45, 2.75) is 12.5 Å². The van der Waals surface area contributed by atoms with Crippen molar-refractivity contribution in [2.24, 2.45) is 0 Å². The quantitative estimate of drug-likeness (QED) is 0.847. The van der Waals surface area contributed by atoms with Crippen LogP contribution in [0.3, 0.4) is 0 Å². The first-order valence-corrected chi connectivity index (χ1v) is 5.12. The molecule has 0 spiro atoms. The average Bonchev–Trinajstić information content (AvgIpc) is 2.82. The van der Waals surface area contributed by atoms with Crippen LogP contribution in [-0.2, 0) is 6.42 Å². The largest absolute Gasteiger partial charge is 0.469 e. The highest BCUT2D eigenvalue weighted by molar-refractivity contribution is 5.45.